The quantitative estimate of drug-likeness (QED) is 0.828. The predicted octanol–water partition coefficient (Wildman–Crippen LogP) is 1.53. The highest BCUT2D eigenvalue weighted by molar-refractivity contribution is 5.68. The topological polar surface area (TPSA) is 99.4 Å². The summed E-state index contributed by atoms with van der Waals surface area (Å²) < 4.78 is 12.4. The number of aromatic nitrogens is 4. The standard InChI is InChI=1S/C14H18N4O4/c1-9(2)22-12-5-4-10(6-13(12)21-3)11(7-14(19)20)18-8-15-16-17-18/h4-6,8-9,11H,7H2,1-3H3,(H,19,20)/t11-/m1/s1. The Morgan fingerprint density at radius 1 is 1.36 bits per heavy atom. The maximum atomic E-state index is 11.1. The summed E-state index contributed by atoms with van der Waals surface area (Å²) in [6, 6.07) is 4.77. The Morgan fingerprint density at radius 2 is 2.14 bits per heavy atom. The van der Waals surface area contributed by atoms with Crippen LogP contribution in [0.25, 0.3) is 0 Å². The van der Waals surface area contributed by atoms with Crippen molar-refractivity contribution in [1.29, 1.82) is 0 Å². The molecule has 0 spiro atoms. The van der Waals surface area contributed by atoms with Crippen molar-refractivity contribution >= 4 is 5.97 Å². The third-order valence-electron chi connectivity index (χ3n) is 2.99. The molecule has 0 bridgehead atoms. The van der Waals surface area contributed by atoms with Crippen LogP contribution in [-0.4, -0.2) is 44.5 Å². The lowest BCUT2D eigenvalue weighted by atomic mass is 10.0. The van der Waals surface area contributed by atoms with E-state index in [-0.39, 0.29) is 12.5 Å². The van der Waals surface area contributed by atoms with E-state index < -0.39 is 12.0 Å². The number of rotatable bonds is 7. The van der Waals surface area contributed by atoms with Crippen LogP contribution in [-0.2, 0) is 4.79 Å². The first-order valence-electron chi connectivity index (χ1n) is 6.80. The van der Waals surface area contributed by atoms with E-state index in [0.717, 1.165) is 5.56 Å². The van der Waals surface area contributed by atoms with E-state index in [9.17, 15) is 4.79 Å². The first-order valence-corrected chi connectivity index (χ1v) is 6.80. The molecule has 118 valence electrons. The molecule has 0 amide bonds. The Labute approximate surface area is 127 Å². The minimum atomic E-state index is -0.943. The molecule has 2 aromatic rings. The average molecular weight is 306 g/mol. The van der Waals surface area contributed by atoms with Gasteiger partial charge in [0.1, 0.15) is 6.33 Å². The fourth-order valence-electron chi connectivity index (χ4n) is 2.08. The molecule has 1 aromatic heterocycles. The number of methoxy groups -OCH3 is 1. The lowest BCUT2D eigenvalue weighted by Gasteiger charge is -2.18. The lowest BCUT2D eigenvalue weighted by molar-refractivity contribution is -0.137. The van der Waals surface area contributed by atoms with E-state index in [1.807, 2.05) is 13.8 Å². The molecule has 8 nitrogen and oxygen atoms in total. The number of carboxylic acid groups (broad SMARTS) is 1. The van der Waals surface area contributed by atoms with E-state index in [2.05, 4.69) is 15.5 Å². The third-order valence-corrected chi connectivity index (χ3v) is 2.99. The molecule has 8 heteroatoms. The number of nitrogens with zero attached hydrogens (tertiary/aromatic N) is 4. The zero-order valence-corrected chi connectivity index (χ0v) is 12.6. The summed E-state index contributed by atoms with van der Waals surface area (Å²) in [5, 5.41) is 20.0. The number of carboxylic acids is 1. The van der Waals surface area contributed by atoms with Crippen LogP contribution in [0.2, 0.25) is 0 Å². The molecule has 0 radical (unpaired) electrons. The monoisotopic (exact) mass is 306 g/mol. The Morgan fingerprint density at radius 3 is 2.68 bits per heavy atom. The molecule has 1 atom stereocenters. The predicted molar refractivity (Wildman–Crippen MR) is 77.0 cm³/mol. The number of carbonyl (C=O) groups is 1. The highest BCUT2D eigenvalue weighted by Crippen LogP contribution is 2.33. The minimum Gasteiger partial charge on any atom is -0.493 e. The second kappa shape index (κ2) is 6.88. The van der Waals surface area contributed by atoms with Gasteiger partial charge in [-0.25, -0.2) is 4.68 Å². The summed E-state index contributed by atoms with van der Waals surface area (Å²) in [4.78, 5) is 11.1. The van der Waals surface area contributed by atoms with E-state index in [1.54, 1.807) is 18.2 Å². The molecule has 0 aliphatic carbocycles. The molecule has 1 aromatic carbocycles. The van der Waals surface area contributed by atoms with Gasteiger partial charge in [0.15, 0.2) is 11.5 Å². The fourth-order valence-corrected chi connectivity index (χ4v) is 2.08. The van der Waals surface area contributed by atoms with Crippen molar-refractivity contribution in [3.8, 4) is 11.5 Å². The Hall–Kier alpha value is -2.64. The summed E-state index contributed by atoms with van der Waals surface area (Å²) >= 11 is 0. The van der Waals surface area contributed by atoms with Crippen LogP contribution in [0, 0.1) is 0 Å². The molecule has 0 saturated carbocycles. The van der Waals surface area contributed by atoms with Gasteiger partial charge >= 0.3 is 5.97 Å². The largest absolute Gasteiger partial charge is 0.493 e. The summed E-state index contributed by atoms with van der Waals surface area (Å²) in [5.74, 6) is 0.198. The van der Waals surface area contributed by atoms with Gasteiger partial charge in [-0.05, 0) is 42.0 Å². The van der Waals surface area contributed by atoms with Crippen LogP contribution in [0.15, 0.2) is 24.5 Å². The minimum absolute atomic E-state index is 0.00841. The van der Waals surface area contributed by atoms with Gasteiger partial charge in [0, 0.05) is 0 Å². The molecule has 1 heterocycles. The van der Waals surface area contributed by atoms with Crippen LogP contribution < -0.4 is 9.47 Å². The van der Waals surface area contributed by atoms with Crippen molar-refractivity contribution < 1.29 is 19.4 Å². The van der Waals surface area contributed by atoms with E-state index >= 15 is 0 Å². The molecule has 0 fully saturated rings. The Balaban J connectivity index is 2.37. The van der Waals surface area contributed by atoms with Gasteiger partial charge in [-0.1, -0.05) is 6.07 Å². The van der Waals surface area contributed by atoms with Crippen molar-refractivity contribution in [2.75, 3.05) is 7.11 Å². The summed E-state index contributed by atoms with van der Waals surface area (Å²) in [6.45, 7) is 3.84. The highest BCUT2D eigenvalue weighted by atomic mass is 16.5. The van der Waals surface area contributed by atoms with Crippen molar-refractivity contribution in [1.82, 2.24) is 20.2 Å². The molecule has 0 aliphatic rings. The SMILES string of the molecule is COc1cc([C@@H](CC(=O)O)n2cnnn2)ccc1OC(C)C. The molecule has 0 unspecified atom stereocenters. The number of tetrazole rings is 1. The van der Waals surface area contributed by atoms with Gasteiger partial charge in [0.25, 0.3) is 0 Å². The van der Waals surface area contributed by atoms with Gasteiger partial charge < -0.3 is 14.6 Å². The first kappa shape index (κ1) is 15.7. The normalized spacial score (nSPS) is 12.2. The molecular weight excluding hydrogens is 288 g/mol. The van der Waals surface area contributed by atoms with Crippen molar-refractivity contribution in [3.05, 3.63) is 30.1 Å². The number of ether oxygens (including phenoxy) is 2. The van der Waals surface area contributed by atoms with Crippen molar-refractivity contribution in [2.45, 2.75) is 32.4 Å². The molecule has 0 aliphatic heterocycles. The van der Waals surface area contributed by atoms with Crippen LogP contribution in [0.5, 0.6) is 11.5 Å². The third kappa shape index (κ3) is 3.72. The zero-order chi connectivity index (χ0) is 16.1. The van der Waals surface area contributed by atoms with Gasteiger partial charge in [0.05, 0.1) is 25.7 Å². The van der Waals surface area contributed by atoms with Crippen LogP contribution in [0.1, 0.15) is 31.9 Å². The number of hydrogen-bond donors (Lipinski definition) is 1. The van der Waals surface area contributed by atoms with E-state index in [1.165, 1.54) is 18.1 Å². The molecule has 22 heavy (non-hydrogen) atoms. The zero-order valence-electron chi connectivity index (χ0n) is 12.6. The van der Waals surface area contributed by atoms with Gasteiger partial charge in [-0.3, -0.25) is 4.79 Å². The van der Waals surface area contributed by atoms with Gasteiger partial charge in [-0.2, -0.15) is 0 Å². The van der Waals surface area contributed by atoms with Crippen LogP contribution in [0.4, 0.5) is 0 Å². The first-order chi connectivity index (χ1) is 10.5. The molecule has 0 saturated heterocycles. The second-order valence-corrected chi connectivity index (χ2v) is 4.98. The number of aliphatic carboxylic acids is 1. The van der Waals surface area contributed by atoms with Gasteiger partial charge in [-0.15, -0.1) is 5.10 Å². The Bertz CT molecular complexity index is 628. The molecule has 1 N–H and O–H groups in total. The van der Waals surface area contributed by atoms with E-state index in [4.69, 9.17) is 14.6 Å². The number of hydrogen-bond acceptors (Lipinski definition) is 6. The van der Waals surface area contributed by atoms with Gasteiger partial charge in [0.2, 0.25) is 0 Å². The van der Waals surface area contributed by atoms with Crippen molar-refractivity contribution in [2.24, 2.45) is 0 Å². The fraction of sp³-hybridized carbons (Fsp3) is 0.429. The van der Waals surface area contributed by atoms with E-state index in [0.29, 0.717) is 11.5 Å². The maximum absolute atomic E-state index is 11.1. The average Bonchev–Trinajstić information content (AvgIpc) is 2.98. The summed E-state index contributed by atoms with van der Waals surface area (Å²) in [6.07, 6.45) is 1.26. The summed E-state index contributed by atoms with van der Waals surface area (Å²) in [5.41, 5.74) is 0.725. The summed E-state index contributed by atoms with van der Waals surface area (Å²) in [7, 11) is 1.54. The lowest BCUT2D eigenvalue weighted by Crippen LogP contribution is -2.16. The van der Waals surface area contributed by atoms with Crippen LogP contribution >= 0.6 is 0 Å². The highest BCUT2D eigenvalue weighted by Gasteiger charge is 2.21. The van der Waals surface area contributed by atoms with Crippen LogP contribution in [0.3, 0.4) is 0 Å². The molecule has 2 rings (SSSR count). The van der Waals surface area contributed by atoms with Crippen molar-refractivity contribution in [3.63, 3.8) is 0 Å². The number of benzene rings is 1. The smallest absolute Gasteiger partial charge is 0.305 e. The second-order valence-electron chi connectivity index (χ2n) is 4.98. The maximum Gasteiger partial charge on any atom is 0.305 e. The Kier molecular flexibility index (Phi) is 4.92. The molecular formula is C14H18N4O4.